The number of benzene rings is 1. The summed E-state index contributed by atoms with van der Waals surface area (Å²) in [6.07, 6.45) is 4.34. The van der Waals surface area contributed by atoms with Crippen molar-refractivity contribution < 1.29 is 9.90 Å². The van der Waals surface area contributed by atoms with Crippen LogP contribution in [0.25, 0.3) is 5.52 Å². The zero-order valence-electron chi connectivity index (χ0n) is 14.2. The predicted molar refractivity (Wildman–Crippen MR) is 100 cm³/mol. The van der Waals surface area contributed by atoms with Crippen LogP contribution in [-0.4, -0.2) is 49.5 Å². The van der Waals surface area contributed by atoms with Crippen LogP contribution in [0.4, 0.5) is 5.69 Å². The Labute approximate surface area is 175 Å². The van der Waals surface area contributed by atoms with Gasteiger partial charge in [0.25, 0.3) is 5.56 Å². The number of carbonyl (C=O) groups is 1. The van der Waals surface area contributed by atoms with E-state index in [1.165, 1.54) is 34.5 Å². The van der Waals surface area contributed by atoms with Crippen LogP contribution in [0, 0.1) is 0 Å². The Kier molecular flexibility index (Phi) is 6.30. The molecule has 0 aliphatic heterocycles. The molecule has 1 amide bonds. The van der Waals surface area contributed by atoms with Gasteiger partial charge in [-0.05, 0) is 17.7 Å². The third kappa shape index (κ3) is 4.02. The molecular weight excluding hydrogens is 369 g/mol. The van der Waals surface area contributed by atoms with Gasteiger partial charge in [0.05, 0.1) is 6.54 Å². The maximum Gasteiger partial charge on any atom is 0.279 e. The van der Waals surface area contributed by atoms with E-state index in [2.05, 4.69) is 5.32 Å². The van der Waals surface area contributed by atoms with Crippen molar-refractivity contribution in [3.8, 4) is 5.75 Å². The quantitative estimate of drug-likeness (QED) is 0.670. The SMILES string of the molecule is CC(=O)Nc1cn2ccn(Cc3cccc(Cl)c3)c(=O)c2c(O)c1=O.[Na]. The number of fused-ring (bicyclic) bond motifs is 1. The van der Waals surface area contributed by atoms with Gasteiger partial charge in [0.15, 0.2) is 11.3 Å². The molecule has 1 aromatic carbocycles. The summed E-state index contributed by atoms with van der Waals surface area (Å²) < 4.78 is 2.66. The molecule has 0 aliphatic carbocycles. The molecule has 129 valence electrons. The van der Waals surface area contributed by atoms with E-state index < -0.39 is 22.6 Å². The molecule has 0 bridgehead atoms. The van der Waals surface area contributed by atoms with E-state index >= 15 is 0 Å². The number of carbonyl (C=O) groups excluding carboxylic acids is 1. The number of pyridine rings is 1. The standard InChI is InChI=1S/C17H14ClN3O4.Na/c1-10(22)19-13-9-20-5-6-21(8-11-3-2-4-12(18)7-11)17(25)14(20)16(24)15(13)23;/h2-7,9,24H,8H2,1H3,(H,19,22);. The van der Waals surface area contributed by atoms with Gasteiger partial charge in [-0.3, -0.25) is 14.4 Å². The first kappa shape index (κ1) is 20.3. The van der Waals surface area contributed by atoms with Gasteiger partial charge in [-0.15, -0.1) is 0 Å². The summed E-state index contributed by atoms with van der Waals surface area (Å²) in [5, 5.41) is 13.0. The molecule has 3 aromatic rings. The van der Waals surface area contributed by atoms with E-state index in [9.17, 15) is 19.5 Å². The molecule has 0 aliphatic rings. The second-order valence-corrected chi connectivity index (χ2v) is 5.96. The number of rotatable bonds is 3. The molecule has 2 N–H and O–H groups in total. The van der Waals surface area contributed by atoms with E-state index in [1.54, 1.807) is 18.2 Å². The fourth-order valence-electron chi connectivity index (χ4n) is 2.54. The van der Waals surface area contributed by atoms with Crippen molar-refractivity contribution in [3.63, 3.8) is 0 Å². The van der Waals surface area contributed by atoms with E-state index in [0.29, 0.717) is 5.02 Å². The summed E-state index contributed by atoms with van der Waals surface area (Å²) in [5.74, 6) is -1.16. The van der Waals surface area contributed by atoms with Gasteiger partial charge in [-0.25, -0.2) is 0 Å². The average Bonchev–Trinajstić information content (AvgIpc) is 2.54. The van der Waals surface area contributed by atoms with E-state index in [1.807, 2.05) is 6.07 Å². The van der Waals surface area contributed by atoms with Crippen LogP contribution in [0.2, 0.25) is 5.02 Å². The van der Waals surface area contributed by atoms with Crippen LogP contribution in [-0.2, 0) is 11.3 Å². The number of halogens is 1. The Morgan fingerprint density at radius 2 is 2.00 bits per heavy atom. The average molecular weight is 383 g/mol. The number of nitrogens with zero attached hydrogens (tertiary/aromatic N) is 2. The van der Waals surface area contributed by atoms with Gasteiger partial charge in [0, 0.05) is 60.1 Å². The fraction of sp³-hybridized carbons (Fsp3) is 0.118. The normalized spacial score (nSPS) is 10.4. The fourth-order valence-corrected chi connectivity index (χ4v) is 2.75. The van der Waals surface area contributed by atoms with Crippen LogP contribution in [0.15, 0.2) is 52.4 Å². The molecular formula is C17H14ClN3NaO4. The molecule has 0 saturated carbocycles. The van der Waals surface area contributed by atoms with Crippen molar-refractivity contribution in [3.05, 3.63) is 74.0 Å². The second kappa shape index (κ2) is 8.09. The molecule has 7 nitrogen and oxygen atoms in total. The van der Waals surface area contributed by atoms with E-state index in [4.69, 9.17) is 11.6 Å². The summed E-state index contributed by atoms with van der Waals surface area (Å²) in [4.78, 5) is 35.9. The molecule has 2 aromatic heterocycles. The van der Waals surface area contributed by atoms with Crippen molar-refractivity contribution in [2.24, 2.45) is 0 Å². The zero-order chi connectivity index (χ0) is 18.1. The number of anilines is 1. The van der Waals surface area contributed by atoms with Crippen molar-refractivity contribution in [2.45, 2.75) is 13.5 Å². The molecule has 0 atom stereocenters. The topological polar surface area (TPSA) is 92.8 Å². The summed E-state index contributed by atoms with van der Waals surface area (Å²) in [6, 6.07) is 7.03. The Balaban J connectivity index is 0.00000243. The number of aromatic nitrogens is 2. The molecule has 0 spiro atoms. The smallest absolute Gasteiger partial charge is 0.279 e. The maximum absolute atomic E-state index is 12.6. The van der Waals surface area contributed by atoms with Crippen molar-refractivity contribution >= 4 is 58.3 Å². The largest absolute Gasteiger partial charge is 0.502 e. The molecule has 2 heterocycles. The molecule has 0 saturated heterocycles. The minimum Gasteiger partial charge on any atom is -0.502 e. The Bertz CT molecular complexity index is 1110. The predicted octanol–water partition coefficient (Wildman–Crippen LogP) is 1.45. The number of hydrogen-bond acceptors (Lipinski definition) is 4. The molecule has 9 heteroatoms. The van der Waals surface area contributed by atoms with Gasteiger partial charge < -0.3 is 19.4 Å². The number of nitrogens with one attached hydrogen (secondary N) is 1. The number of hydrogen-bond donors (Lipinski definition) is 2. The van der Waals surface area contributed by atoms with E-state index in [0.717, 1.165) is 5.56 Å². The summed E-state index contributed by atoms with van der Waals surface area (Å²) in [6.45, 7) is 1.48. The Morgan fingerprint density at radius 1 is 1.27 bits per heavy atom. The van der Waals surface area contributed by atoms with Gasteiger partial charge in [0.2, 0.25) is 11.3 Å². The van der Waals surface area contributed by atoms with Crippen LogP contribution >= 0.6 is 11.6 Å². The van der Waals surface area contributed by atoms with Crippen molar-refractivity contribution in [2.75, 3.05) is 5.32 Å². The Morgan fingerprint density at radius 3 is 2.65 bits per heavy atom. The molecule has 0 fully saturated rings. The van der Waals surface area contributed by atoms with Gasteiger partial charge in [0.1, 0.15) is 5.69 Å². The zero-order valence-corrected chi connectivity index (χ0v) is 16.9. The summed E-state index contributed by atoms with van der Waals surface area (Å²) in [7, 11) is 0. The molecule has 0 unspecified atom stereocenters. The van der Waals surface area contributed by atoms with Gasteiger partial charge in [-0.2, -0.15) is 0 Å². The maximum atomic E-state index is 12.6. The van der Waals surface area contributed by atoms with Crippen LogP contribution in [0.1, 0.15) is 12.5 Å². The monoisotopic (exact) mass is 382 g/mol. The third-order valence-corrected chi connectivity index (χ3v) is 3.87. The van der Waals surface area contributed by atoms with E-state index in [-0.39, 0.29) is 47.3 Å². The van der Waals surface area contributed by atoms with Crippen LogP contribution in [0.5, 0.6) is 5.75 Å². The first-order valence-electron chi connectivity index (χ1n) is 7.36. The summed E-state index contributed by atoms with van der Waals surface area (Å²) >= 11 is 5.94. The first-order chi connectivity index (χ1) is 11.9. The summed E-state index contributed by atoms with van der Waals surface area (Å²) in [5.41, 5.74) is -0.812. The number of aromatic hydroxyl groups is 1. The molecule has 26 heavy (non-hydrogen) atoms. The van der Waals surface area contributed by atoms with Crippen LogP contribution < -0.4 is 16.3 Å². The Hall–Kier alpha value is -2.06. The molecule has 3 rings (SSSR count). The second-order valence-electron chi connectivity index (χ2n) is 5.52. The number of amides is 1. The van der Waals surface area contributed by atoms with Crippen molar-refractivity contribution in [1.29, 1.82) is 0 Å². The van der Waals surface area contributed by atoms with Crippen molar-refractivity contribution in [1.82, 2.24) is 8.97 Å². The third-order valence-electron chi connectivity index (χ3n) is 3.63. The van der Waals surface area contributed by atoms with Gasteiger partial charge >= 0.3 is 0 Å². The molecule has 1 radical (unpaired) electrons. The first-order valence-corrected chi connectivity index (χ1v) is 7.74. The minimum atomic E-state index is -0.812. The minimum absolute atomic E-state index is 0. The van der Waals surface area contributed by atoms with Gasteiger partial charge in [-0.1, -0.05) is 23.7 Å². The van der Waals surface area contributed by atoms with Crippen LogP contribution in [0.3, 0.4) is 0 Å².